The number of hydrogen-bond acceptors (Lipinski definition) is 3. The molecule has 0 bridgehead atoms. The van der Waals surface area contributed by atoms with Crippen LogP contribution in [-0.2, 0) is 0 Å². The summed E-state index contributed by atoms with van der Waals surface area (Å²) in [5, 5.41) is 18.3. The highest BCUT2D eigenvalue weighted by atomic mass is 19.4. The van der Waals surface area contributed by atoms with Gasteiger partial charge >= 0.3 is 13.5 Å². The number of benzene rings is 1. The number of ether oxygens (including phenoxy) is 1. The van der Waals surface area contributed by atoms with E-state index in [0.29, 0.717) is 10.9 Å². The molecule has 3 N–H and O–H groups in total. The fraction of sp³-hybridized carbons (Fsp3) is 0.111. The summed E-state index contributed by atoms with van der Waals surface area (Å²) >= 11 is 0. The van der Waals surface area contributed by atoms with Crippen molar-refractivity contribution in [3.8, 4) is 5.75 Å². The van der Waals surface area contributed by atoms with E-state index in [9.17, 15) is 13.2 Å². The molecule has 2 aromatic rings. The Morgan fingerprint density at radius 3 is 2.47 bits per heavy atom. The number of aromatic amines is 1. The Labute approximate surface area is 93.8 Å². The molecular formula is C9H7BF3NO3. The second-order valence-corrected chi connectivity index (χ2v) is 3.40. The van der Waals surface area contributed by atoms with Gasteiger partial charge in [0.1, 0.15) is 5.75 Å². The second kappa shape index (κ2) is 3.97. The van der Waals surface area contributed by atoms with Crippen LogP contribution >= 0.6 is 0 Å². The molecule has 0 radical (unpaired) electrons. The van der Waals surface area contributed by atoms with Gasteiger partial charge in [0.15, 0.2) is 0 Å². The van der Waals surface area contributed by atoms with Crippen LogP contribution in [0.5, 0.6) is 5.75 Å². The Kier molecular flexibility index (Phi) is 2.76. The van der Waals surface area contributed by atoms with Crippen LogP contribution in [0.2, 0.25) is 0 Å². The van der Waals surface area contributed by atoms with Crippen LogP contribution in [0.1, 0.15) is 0 Å². The van der Waals surface area contributed by atoms with Gasteiger partial charge in [0.2, 0.25) is 0 Å². The summed E-state index contributed by atoms with van der Waals surface area (Å²) < 4.78 is 39.6. The molecule has 0 aliphatic rings. The molecule has 0 saturated carbocycles. The fourth-order valence-electron chi connectivity index (χ4n) is 1.46. The third kappa shape index (κ3) is 2.72. The van der Waals surface area contributed by atoms with Crippen LogP contribution in [0.15, 0.2) is 24.3 Å². The number of hydrogen-bond donors (Lipinski definition) is 3. The first-order valence-electron chi connectivity index (χ1n) is 4.60. The average Bonchev–Trinajstić information content (AvgIpc) is 2.57. The molecule has 4 nitrogen and oxygen atoms in total. The quantitative estimate of drug-likeness (QED) is 0.684. The largest absolute Gasteiger partial charge is 0.573 e. The number of alkyl halides is 3. The van der Waals surface area contributed by atoms with Gasteiger partial charge in [-0.15, -0.1) is 13.2 Å². The molecule has 0 saturated heterocycles. The molecule has 0 aliphatic carbocycles. The van der Waals surface area contributed by atoms with Gasteiger partial charge in [0.05, 0.1) is 0 Å². The Balaban J connectivity index is 2.37. The monoisotopic (exact) mass is 245 g/mol. The smallest absolute Gasteiger partial charge is 0.422 e. The molecular weight excluding hydrogens is 238 g/mol. The second-order valence-electron chi connectivity index (χ2n) is 3.40. The maximum absolute atomic E-state index is 12.0. The zero-order valence-corrected chi connectivity index (χ0v) is 8.32. The average molecular weight is 245 g/mol. The van der Waals surface area contributed by atoms with Crippen LogP contribution in [0.25, 0.3) is 10.9 Å². The predicted molar refractivity (Wildman–Crippen MR) is 54.8 cm³/mol. The van der Waals surface area contributed by atoms with Crippen molar-refractivity contribution in [2.45, 2.75) is 6.36 Å². The fourth-order valence-corrected chi connectivity index (χ4v) is 1.46. The molecule has 0 atom stereocenters. The van der Waals surface area contributed by atoms with E-state index in [0.717, 1.165) is 12.1 Å². The van der Waals surface area contributed by atoms with Crippen molar-refractivity contribution in [2.24, 2.45) is 0 Å². The summed E-state index contributed by atoms with van der Waals surface area (Å²) in [4.78, 5) is 2.57. The topological polar surface area (TPSA) is 65.5 Å². The van der Waals surface area contributed by atoms with Gasteiger partial charge in [-0.1, -0.05) is 0 Å². The summed E-state index contributed by atoms with van der Waals surface area (Å²) in [6, 6.07) is 5.10. The van der Waals surface area contributed by atoms with Crippen molar-refractivity contribution in [1.82, 2.24) is 4.98 Å². The lowest BCUT2D eigenvalue weighted by atomic mass is 9.87. The molecule has 0 aliphatic heterocycles. The zero-order valence-electron chi connectivity index (χ0n) is 8.32. The van der Waals surface area contributed by atoms with Crippen molar-refractivity contribution in [1.29, 1.82) is 0 Å². The van der Waals surface area contributed by atoms with Gasteiger partial charge in [-0.3, -0.25) is 0 Å². The highest BCUT2D eigenvalue weighted by Crippen LogP contribution is 2.25. The number of halogens is 3. The lowest BCUT2D eigenvalue weighted by molar-refractivity contribution is -0.274. The molecule has 2 rings (SSSR count). The number of rotatable bonds is 2. The van der Waals surface area contributed by atoms with E-state index in [4.69, 9.17) is 10.0 Å². The molecule has 0 unspecified atom stereocenters. The Morgan fingerprint density at radius 1 is 1.18 bits per heavy atom. The van der Waals surface area contributed by atoms with Crippen molar-refractivity contribution >= 4 is 23.6 Å². The van der Waals surface area contributed by atoms with E-state index < -0.39 is 13.5 Å². The van der Waals surface area contributed by atoms with E-state index in [2.05, 4.69) is 9.72 Å². The summed E-state index contributed by atoms with van der Waals surface area (Å²) in [6.45, 7) is 0. The molecule has 0 amide bonds. The van der Waals surface area contributed by atoms with Crippen LogP contribution in [0.4, 0.5) is 13.2 Å². The van der Waals surface area contributed by atoms with Crippen LogP contribution in [-0.4, -0.2) is 28.5 Å². The third-order valence-corrected chi connectivity index (χ3v) is 2.13. The van der Waals surface area contributed by atoms with E-state index in [1.165, 1.54) is 12.1 Å². The standard InChI is InChI=1S/C9H7BF3NO3/c11-9(12,13)17-6-2-1-5-3-8(10(15)16)14-7(5)4-6/h1-4,14-16H. The highest BCUT2D eigenvalue weighted by Gasteiger charge is 2.31. The molecule has 17 heavy (non-hydrogen) atoms. The van der Waals surface area contributed by atoms with Crippen LogP contribution in [0, 0.1) is 0 Å². The SMILES string of the molecule is OB(O)c1cc2ccc(OC(F)(F)F)cc2[nH]1. The summed E-state index contributed by atoms with van der Waals surface area (Å²) in [7, 11) is -1.70. The minimum absolute atomic E-state index is 0.101. The molecule has 8 heteroatoms. The number of H-pyrrole nitrogens is 1. The van der Waals surface area contributed by atoms with Gasteiger partial charge in [-0.05, 0) is 23.6 Å². The van der Waals surface area contributed by atoms with Crippen molar-refractivity contribution in [3.05, 3.63) is 24.3 Å². The van der Waals surface area contributed by atoms with Crippen LogP contribution in [0.3, 0.4) is 0 Å². The first-order chi connectivity index (χ1) is 7.85. The maximum Gasteiger partial charge on any atom is 0.573 e. The first kappa shape index (κ1) is 11.8. The summed E-state index contributed by atoms with van der Waals surface area (Å²) in [5.41, 5.74) is 0.430. The van der Waals surface area contributed by atoms with E-state index >= 15 is 0 Å². The Morgan fingerprint density at radius 2 is 1.88 bits per heavy atom. The lowest BCUT2D eigenvalue weighted by Crippen LogP contribution is -2.30. The number of nitrogens with one attached hydrogen (secondary N) is 1. The highest BCUT2D eigenvalue weighted by molar-refractivity contribution is 6.58. The minimum Gasteiger partial charge on any atom is -0.422 e. The molecule has 1 aromatic heterocycles. The number of aromatic nitrogens is 1. The third-order valence-electron chi connectivity index (χ3n) is 2.13. The summed E-state index contributed by atoms with van der Waals surface area (Å²) in [6.07, 6.45) is -4.75. The van der Waals surface area contributed by atoms with E-state index in [1.807, 2.05) is 0 Å². The molecule has 1 heterocycles. The van der Waals surface area contributed by atoms with E-state index in [1.54, 1.807) is 0 Å². The predicted octanol–water partition coefficient (Wildman–Crippen LogP) is 0.746. The van der Waals surface area contributed by atoms with E-state index in [-0.39, 0.29) is 11.3 Å². The first-order valence-corrected chi connectivity index (χ1v) is 4.60. The number of fused-ring (bicyclic) bond motifs is 1. The maximum atomic E-state index is 12.0. The van der Waals surface area contributed by atoms with Gasteiger partial charge < -0.3 is 19.8 Å². The Bertz CT molecular complexity index is 538. The van der Waals surface area contributed by atoms with Gasteiger partial charge in [-0.25, -0.2) is 0 Å². The van der Waals surface area contributed by atoms with Gasteiger partial charge in [0.25, 0.3) is 0 Å². The van der Waals surface area contributed by atoms with Crippen LogP contribution < -0.4 is 10.3 Å². The molecule has 1 aromatic carbocycles. The van der Waals surface area contributed by atoms with Crippen molar-refractivity contribution in [3.63, 3.8) is 0 Å². The van der Waals surface area contributed by atoms with Crippen molar-refractivity contribution < 1.29 is 28.0 Å². The summed E-state index contributed by atoms with van der Waals surface area (Å²) in [5.74, 6) is -0.370. The van der Waals surface area contributed by atoms with Crippen molar-refractivity contribution in [2.75, 3.05) is 0 Å². The molecule has 90 valence electrons. The Hall–Kier alpha value is -1.67. The molecule has 0 fully saturated rings. The van der Waals surface area contributed by atoms with Gasteiger partial charge in [-0.2, -0.15) is 0 Å². The normalized spacial score (nSPS) is 11.8. The zero-order chi connectivity index (χ0) is 12.6. The molecule has 0 spiro atoms. The lowest BCUT2D eigenvalue weighted by Gasteiger charge is -2.08. The minimum atomic E-state index is -4.75. The van der Waals surface area contributed by atoms with Gasteiger partial charge in [0, 0.05) is 17.2 Å².